The first-order chi connectivity index (χ1) is 8.75. The Labute approximate surface area is 108 Å². The van der Waals surface area contributed by atoms with E-state index < -0.39 is 0 Å². The molecule has 6 heteroatoms. The molecule has 0 aliphatic carbocycles. The number of fused-ring (bicyclic) bond motifs is 1. The predicted molar refractivity (Wildman–Crippen MR) is 68.4 cm³/mol. The molecular formula is C12H10ClN5. The Morgan fingerprint density at radius 3 is 2.89 bits per heavy atom. The summed E-state index contributed by atoms with van der Waals surface area (Å²) in [6.07, 6.45) is 4.95. The lowest BCUT2D eigenvalue weighted by Gasteiger charge is -2.11. The highest BCUT2D eigenvalue weighted by Gasteiger charge is 2.14. The fourth-order valence-electron chi connectivity index (χ4n) is 1.83. The predicted octanol–water partition coefficient (Wildman–Crippen LogP) is 2.48. The normalized spacial score (nSPS) is 12.8. The Morgan fingerprint density at radius 1 is 1.22 bits per heavy atom. The number of hydrogen-bond acceptors (Lipinski definition) is 4. The first-order valence-electron chi connectivity index (χ1n) is 5.52. The summed E-state index contributed by atoms with van der Waals surface area (Å²) in [6, 6.07) is 5.77. The van der Waals surface area contributed by atoms with Gasteiger partial charge in [-0.1, -0.05) is 17.7 Å². The lowest BCUT2D eigenvalue weighted by Crippen LogP contribution is -2.10. The Balaban J connectivity index is 2.12. The maximum Gasteiger partial charge on any atom is 0.178 e. The van der Waals surface area contributed by atoms with Gasteiger partial charge in [-0.05, 0) is 19.1 Å². The third kappa shape index (κ3) is 1.82. The topological polar surface area (TPSA) is 56.5 Å². The molecule has 0 bridgehead atoms. The molecular weight excluding hydrogens is 250 g/mol. The van der Waals surface area contributed by atoms with Gasteiger partial charge in [0.25, 0.3) is 0 Å². The molecule has 0 radical (unpaired) electrons. The van der Waals surface area contributed by atoms with Crippen molar-refractivity contribution in [2.45, 2.75) is 13.0 Å². The fourth-order valence-corrected chi connectivity index (χ4v) is 1.96. The zero-order valence-corrected chi connectivity index (χ0v) is 10.4. The van der Waals surface area contributed by atoms with Gasteiger partial charge >= 0.3 is 0 Å². The maximum absolute atomic E-state index is 5.87. The number of rotatable bonds is 2. The second-order valence-corrected chi connectivity index (χ2v) is 4.31. The minimum absolute atomic E-state index is 0.0172. The molecule has 3 aromatic rings. The quantitative estimate of drug-likeness (QED) is 0.709. The van der Waals surface area contributed by atoms with Crippen molar-refractivity contribution in [1.82, 2.24) is 24.7 Å². The Kier molecular flexibility index (Phi) is 2.68. The average Bonchev–Trinajstić information content (AvgIpc) is 2.82. The highest BCUT2D eigenvalue weighted by atomic mass is 35.5. The van der Waals surface area contributed by atoms with E-state index in [9.17, 15) is 0 Å². The molecule has 0 saturated carbocycles. The molecule has 0 N–H and O–H groups in total. The van der Waals surface area contributed by atoms with E-state index in [1.165, 1.54) is 6.20 Å². The highest BCUT2D eigenvalue weighted by molar-refractivity contribution is 6.29. The van der Waals surface area contributed by atoms with Gasteiger partial charge in [-0.15, -0.1) is 0 Å². The highest BCUT2D eigenvalue weighted by Crippen LogP contribution is 2.20. The molecule has 0 spiro atoms. The Morgan fingerprint density at radius 2 is 2.11 bits per heavy atom. The molecule has 0 unspecified atom stereocenters. The van der Waals surface area contributed by atoms with Crippen LogP contribution in [0, 0.1) is 0 Å². The third-order valence-electron chi connectivity index (χ3n) is 2.76. The van der Waals surface area contributed by atoms with E-state index in [1.807, 2.05) is 25.1 Å². The summed E-state index contributed by atoms with van der Waals surface area (Å²) in [7, 11) is 0. The second kappa shape index (κ2) is 4.34. The summed E-state index contributed by atoms with van der Waals surface area (Å²) < 4.78 is 1.77. The standard InChI is InChI=1S/C12H10ClN5/c1-8(9-4-2-3-5-14-9)18-12-10(6-16-18)15-7-11(13)17-12/h2-8H,1H3/t8-/m1/s1. The second-order valence-electron chi connectivity index (χ2n) is 3.92. The van der Waals surface area contributed by atoms with Gasteiger partial charge in [0, 0.05) is 6.20 Å². The van der Waals surface area contributed by atoms with Crippen molar-refractivity contribution in [2.75, 3.05) is 0 Å². The first kappa shape index (κ1) is 11.1. The van der Waals surface area contributed by atoms with E-state index in [2.05, 4.69) is 20.1 Å². The van der Waals surface area contributed by atoms with E-state index in [0.717, 1.165) is 11.2 Å². The van der Waals surface area contributed by atoms with Crippen LogP contribution in [0.15, 0.2) is 36.8 Å². The summed E-state index contributed by atoms with van der Waals surface area (Å²) in [5.41, 5.74) is 2.31. The molecule has 3 heterocycles. The molecule has 0 aliphatic rings. The summed E-state index contributed by atoms with van der Waals surface area (Å²) in [5, 5.41) is 4.66. The van der Waals surface area contributed by atoms with Gasteiger partial charge in [0.2, 0.25) is 0 Å². The van der Waals surface area contributed by atoms with E-state index in [1.54, 1.807) is 17.1 Å². The number of nitrogens with zero attached hydrogens (tertiary/aromatic N) is 5. The molecule has 0 saturated heterocycles. The van der Waals surface area contributed by atoms with Crippen molar-refractivity contribution in [1.29, 1.82) is 0 Å². The molecule has 5 nitrogen and oxygen atoms in total. The van der Waals surface area contributed by atoms with Crippen LogP contribution in [0.4, 0.5) is 0 Å². The van der Waals surface area contributed by atoms with Gasteiger partial charge in [-0.2, -0.15) is 5.10 Å². The lowest BCUT2D eigenvalue weighted by atomic mass is 10.2. The van der Waals surface area contributed by atoms with Crippen molar-refractivity contribution >= 4 is 22.8 Å². The van der Waals surface area contributed by atoms with E-state index >= 15 is 0 Å². The van der Waals surface area contributed by atoms with Crippen molar-refractivity contribution in [3.8, 4) is 0 Å². The monoisotopic (exact) mass is 259 g/mol. The van der Waals surface area contributed by atoms with E-state index in [4.69, 9.17) is 11.6 Å². The molecule has 3 aromatic heterocycles. The molecule has 0 amide bonds. The van der Waals surface area contributed by atoms with E-state index in [0.29, 0.717) is 10.8 Å². The van der Waals surface area contributed by atoms with Crippen LogP contribution < -0.4 is 0 Å². The number of halogens is 1. The largest absolute Gasteiger partial charge is 0.259 e. The summed E-state index contributed by atoms with van der Waals surface area (Å²) in [5.74, 6) is 0. The van der Waals surface area contributed by atoms with Crippen LogP contribution in [0.5, 0.6) is 0 Å². The third-order valence-corrected chi connectivity index (χ3v) is 2.94. The fraction of sp³-hybridized carbons (Fsp3) is 0.167. The van der Waals surface area contributed by atoms with Gasteiger partial charge in [-0.25, -0.2) is 14.6 Å². The number of hydrogen-bond donors (Lipinski definition) is 0. The van der Waals surface area contributed by atoms with Crippen LogP contribution in [0.25, 0.3) is 11.2 Å². The molecule has 1 atom stereocenters. The summed E-state index contributed by atoms with van der Waals surface area (Å²) in [6.45, 7) is 2.01. The zero-order valence-electron chi connectivity index (χ0n) is 9.66. The smallest absolute Gasteiger partial charge is 0.178 e. The van der Waals surface area contributed by atoms with Crippen molar-refractivity contribution < 1.29 is 0 Å². The molecule has 0 fully saturated rings. The first-order valence-corrected chi connectivity index (χ1v) is 5.90. The van der Waals surface area contributed by atoms with Crippen LogP contribution in [0.2, 0.25) is 5.15 Å². The van der Waals surface area contributed by atoms with Crippen molar-refractivity contribution in [2.24, 2.45) is 0 Å². The van der Waals surface area contributed by atoms with E-state index in [-0.39, 0.29) is 6.04 Å². The van der Waals surface area contributed by atoms with Crippen LogP contribution in [0.1, 0.15) is 18.7 Å². The van der Waals surface area contributed by atoms with Crippen molar-refractivity contribution in [3.63, 3.8) is 0 Å². The van der Waals surface area contributed by atoms with Gasteiger partial charge in [0.05, 0.1) is 24.1 Å². The number of aromatic nitrogens is 5. The van der Waals surface area contributed by atoms with Crippen molar-refractivity contribution in [3.05, 3.63) is 47.6 Å². The molecule has 90 valence electrons. The molecule has 18 heavy (non-hydrogen) atoms. The van der Waals surface area contributed by atoms with Gasteiger partial charge in [0.1, 0.15) is 10.7 Å². The minimum Gasteiger partial charge on any atom is -0.259 e. The number of pyridine rings is 1. The maximum atomic E-state index is 5.87. The lowest BCUT2D eigenvalue weighted by molar-refractivity contribution is 0.565. The molecule has 3 rings (SSSR count). The van der Waals surface area contributed by atoms with Crippen LogP contribution >= 0.6 is 11.6 Å². The van der Waals surface area contributed by atoms with Gasteiger partial charge < -0.3 is 0 Å². The zero-order chi connectivity index (χ0) is 12.5. The van der Waals surface area contributed by atoms with Crippen LogP contribution in [0.3, 0.4) is 0 Å². The minimum atomic E-state index is -0.0172. The van der Waals surface area contributed by atoms with Gasteiger partial charge in [-0.3, -0.25) is 4.98 Å². The van der Waals surface area contributed by atoms with Crippen LogP contribution in [-0.2, 0) is 0 Å². The molecule has 0 aliphatic heterocycles. The Hall–Kier alpha value is -2.01. The Bertz CT molecular complexity index is 679. The molecule has 0 aromatic carbocycles. The van der Waals surface area contributed by atoms with Crippen LogP contribution in [-0.4, -0.2) is 24.7 Å². The summed E-state index contributed by atoms with van der Waals surface area (Å²) >= 11 is 5.87. The van der Waals surface area contributed by atoms with Gasteiger partial charge in [0.15, 0.2) is 5.65 Å². The summed E-state index contributed by atoms with van der Waals surface area (Å²) in [4.78, 5) is 12.8. The average molecular weight is 260 g/mol. The SMILES string of the molecule is C[C@H](c1ccccn1)n1ncc2ncc(Cl)nc21.